The van der Waals surface area contributed by atoms with E-state index >= 15 is 0 Å². The van der Waals surface area contributed by atoms with Crippen LogP contribution >= 0.6 is 0 Å². The van der Waals surface area contributed by atoms with Gasteiger partial charge in [0.15, 0.2) is 0 Å². The van der Waals surface area contributed by atoms with E-state index in [9.17, 15) is 5.48 Å². The topological polar surface area (TPSA) is 40.1 Å². The first-order chi connectivity index (χ1) is 36.9. The number of rotatable bonds is 10. The Morgan fingerprint density at radius 3 is 2.06 bits per heavy atom. The molecule has 0 aliphatic carbocycles. The van der Waals surface area contributed by atoms with E-state index in [0.29, 0.717) is 28.4 Å². The molecule has 0 amide bonds. The molecule has 0 bridgehead atoms. The van der Waals surface area contributed by atoms with Crippen molar-refractivity contribution in [2.24, 2.45) is 5.92 Å². The third-order valence-corrected chi connectivity index (χ3v) is 14.2. The molecule has 0 unspecified atom stereocenters. The number of hydrogen-bond donors (Lipinski definition) is 0. The molecule has 0 fully saturated rings. The van der Waals surface area contributed by atoms with Gasteiger partial charge in [0.2, 0.25) is 0 Å². The Balaban J connectivity index is 1.03. The molecule has 1 aliphatic rings. The summed E-state index contributed by atoms with van der Waals surface area (Å²) in [7, 11) is 0. The molecule has 11 aromatic rings. The molecule has 0 radical (unpaired) electrons. The molecule has 8 heteroatoms. The number of hydrogen-bond acceptors (Lipinski definition) is 3. The number of anilines is 2. The normalized spacial score (nSPS) is 14.2. The molecule has 6 nitrogen and oxygen atoms in total. The Bertz CT molecular complexity index is 4210. The van der Waals surface area contributed by atoms with Crippen molar-refractivity contribution in [1.82, 2.24) is 18.6 Å². The fraction of sp³-hybridized carbons (Fsp3) is 0.129. The molecule has 8 aromatic carbocycles. The number of benzene rings is 8. The molecule has 0 saturated heterocycles. The van der Waals surface area contributed by atoms with Crippen molar-refractivity contribution in [3.8, 4) is 45.3 Å². The first kappa shape index (κ1) is 36.5. The van der Waals surface area contributed by atoms with Crippen LogP contribution in [0.25, 0.3) is 66.5 Å². The average molecular weight is 1100 g/mol. The van der Waals surface area contributed by atoms with Gasteiger partial charge in [-0.15, -0.1) is 0 Å². The second-order valence-corrected chi connectivity index (χ2v) is 20.1. The van der Waals surface area contributed by atoms with Crippen molar-refractivity contribution in [2.45, 2.75) is 46.4 Å². The zero-order valence-electron chi connectivity index (χ0n) is 46.4. The quantitative estimate of drug-likeness (QED) is 0.128. The Morgan fingerprint density at radius 1 is 0.657 bits per heavy atom. The number of pyridine rings is 1. The maximum absolute atomic E-state index is 9.45. The molecule has 0 spiro atoms. The van der Waals surface area contributed by atoms with Crippen LogP contribution in [0.15, 0.2) is 206 Å². The molecule has 0 N–H and O–H groups in total. The van der Waals surface area contributed by atoms with E-state index in [4.69, 9.17) is 13.8 Å². The zero-order valence-corrected chi connectivity index (χ0v) is 41.6. The van der Waals surface area contributed by atoms with Crippen molar-refractivity contribution in [3.63, 3.8) is 0 Å². The maximum atomic E-state index is 9.45. The average Bonchev–Trinajstić information content (AvgIpc) is 4.06. The van der Waals surface area contributed by atoms with Crippen LogP contribution in [0, 0.1) is 9.72 Å². The molecule has 0 atom stereocenters. The fourth-order valence-electron chi connectivity index (χ4n) is 10.1. The van der Waals surface area contributed by atoms with Gasteiger partial charge in [-0.2, -0.15) is 0 Å². The minimum atomic E-state index is -1.75. The van der Waals surface area contributed by atoms with Crippen LogP contribution in [0.4, 0.5) is 11.5 Å². The monoisotopic (exact) mass is 1100 g/mol. The van der Waals surface area contributed by atoms with E-state index in [2.05, 4.69) is 137 Å². The predicted molar refractivity (Wildman–Crippen MR) is 287 cm³/mol. The summed E-state index contributed by atoms with van der Waals surface area (Å²) in [6, 6.07) is 56.8. The molecule has 12 rings (SSSR count). The van der Waals surface area contributed by atoms with Gasteiger partial charge in [-0.05, 0) is 6.07 Å². The van der Waals surface area contributed by atoms with Crippen molar-refractivity contribution in [3.05, 3.63) is 221 Å². The summed E-state index contributed by atoms with van der Waals surface area (Å²) < 4.78 is 77.4. The number of imidazole rings is 1. The molecule has 344 valence electrons. The minimum absolute atomic E-state index is 0.0903. The molecule has 70 heavy (non-hydrogen) atoms. The van der Waals surface area contributed by atoms with Crippen molar-refractivity contribution < 1.29 is 33.7 Å². The van der Waals surface area contributed by atoms with Gasteiger partial charge in [-0.25, -0.2) is 0 Å². The van der Waals surface area contributed by atoms with Crippen LogP contribution in [0.5, 0.6) is 11.6 Å². The Morgan fingerprint density at radius 2 is 1.31 bits per heavy atom. The van der Waals surface area contributed by atoms with Gasteiger partial charge in [0.1, 0.15) is 0 Å². The van der Waals surface area contributed by atoms with Gasteiger partial charge in [-0.1, -0.05) is 60.7 Å². The first-order valence-corrected chi connectivity index (χ1v) is 24.7. The summed E-state index contributed by atoms with van der Waals surface area (Å²) in [5, 5.41) is 2.28. The molecule has 1 aliphatic heterocycles. The molecular weight excluding hydrogens is 1040 g/mol. The standard InChI is InChI=1S/C62H52BN5O.Pt/c1-42(2)37-43-38-58(67-57-32-18-28-53-52-25-12-13-29-54(52)68(61(53)57)63(67)47-21-10-7-11-22-47)64-59(39-43)69-49-24-16-23-48(40-49)65-41-66(56-31-15-14-30-55(56)65)60-50(44-19-8-6-9-20-44)26-17-27-51(60)45-33-35-46(36-34-45)62(3,4)5;/h6-36,38-40,42H,37H2,1-5H3;/i6D,8D,9D,19D,20D,37D2;. The Hall–Kier alpha value is -7.47. The number of fused-ring (bicyclic) bond motifs is 4. The Labute approximate surface area is 430 Å². The summed E-state index contributed by atoms with van der Waals surface area (Å²) in [4.78, 5) is 7.48. The van der Waals surface area contributed by atoms with E-state index in [1.165, 1.54) is 0 Å². The van der Waals surface area contributed by atoms with Crippen LogP contribution in [-0.4, -0.2) is 25.6 Å². The molecule has 3 aromatic heterocycles. The van der Waals surface area contributed by atoms with Crippen molar-refractivity contribution in [1.29, 1.82) is 0 Å². The third kappa shape index (κ3) is 7.55. The van der Waals surface area contributed by atoms with Gasteiger partial charge in [0, 0.05) is 16.3 Å². The number of aromatic nitrogens is 4. The summed E-state index contributed by atoms with van der Waals surface area (Å²) >= 11 is 2.32. The van der Waals surface area contributed by atoms with Crippen molar-refractivity contribution in [2.75, 3.05) is 4.81 Å². The number of para-hydroxylation sites is 5. The zero-order chi connectivity index (χ0) is 53.8. The second-order valence-electron chi connectivity index (χ2n) is 19.1. The van der Waals surface area contributed by atoms with Crippen LogP contribution in [-0.2, 0) is 31.1 Å². The summed E-state index contributed by atoms with van der Waals surface area (Å²) in [6.07, 6.45) is -1.75. The fourth-order valence-corrected chi connectivity index (χ4v) is 11.2. The summed E-state index contributed by atoms with van der Waals surface area (Å²) in [5.74, 6) is 0.879. The summed E-state index contributed by atoms with van der Waals surface area (Å²) in [5.41, 5.74) is 11.1. The summed E-state index contributed by atoms with van der Waals surface area (Å²) in [6.45, 7) is 9.94. The van der Waals surface area contributed by atoms with E-state index in [1.807, 2.05) is 105 Å². The van der Waals surface area contributed by atoms with Crippen LogP contribution in [0.2, 0.25) is 0 Å². The van der Waals surface area contributed by atoms with Gasteiger partial charge in [0.25, 0.3) is 0 Å². The second kappa shape index (κ2) is 17.5. The SMILES string of the molecule is [2H]c1c([2H])c([2H])c(-c2cccc(-c3ccc(C(C)(C)C)cc3)c2-n2[c](=[Pt])n(-c3cccc(Oc4cc(C([2H])([2H])C(C)C)cc(N5B(c6ccccc6)n6c7ccccc7c7cccc5c76)n4)c3)c3ccccc32)c([2H])c1[2H]. The van der Waals surface area contributed by atoms with Crippen LogP contribution in [0.1, 0.15) is 55.3 Å². The predicted octanol–water partition coefficient (Wildman–Crippen LogP) is 15.0. The van der Waals surface area contributed by atoms with Gasteiger partial charge in [0.05, 0.1) is 0 Å². The van der Waals surface area contributed by atoms with Crippen molar-refractivity contribution >= 4 is 56.8 Å². The van der Waals surface area contributed by atoms with Gasteiger partial charge in [-0.3, -0.25) is 0 Å². The van der Waals surface area contributed by atoms with Crippen LogP contribution in [0.3, 0.4) is 0 Å². The Kier molecular flexibility index (Phi) is 9.12. The third-order valence-electron chi connectivity index (χ3n) is 13.1. The first-order valence-electron chi connectivity index (χ1n) is 27.1. The van der Waals surface area contributed by atoms with Crippen LogP contribution < -0.4 is 15.0 Å². The number of nitrogens with zero attached hydrogens (tertiary/aromatic N) is 5. The molecular formula is C62H52BN5OPt. The van der Waals surface area contributed by atoms with E-state index in [-0.39, 0.29) is 41.8 Å². The van der Waals surface area contributed by atoms with E-state index in [0.717, 1.165) is 70.2 Å². The van der Waals surface area contributed by atoms with Gasteiger partial charge >= 0.3 is 350 Å². The van der Waals surface area contributed by atoms with E-state index < -0.39 is 24.5 Å². The molecule has 4 heterocycles. The molecule has 0 saturated carbocycles. The van der Waals surface area contributed by atoms with E-state index in [1.54, 1.807) is 6.07 Å². The van der Waals surface area contributed by atoms with Gasteiger partial charge < -0.3 is 0 Å². The number of ether oxygens (including phenoxy) is 1.